The summed E-state index contributed by atoms with van der Waals surface area (Å²) in [6, 6.07) is 9.27. The van der Waals surface area contributed by atoms with Crippen LogP contribution in [0.1, 0.15) is 34.5 Å². The van der Waals surface area contributed by atoms with E-state index in [1.54, 1.807) is 11.3 Å². The molecule has 0 radical (unpaired) electrons. The summed E-state index contributed by atoms with van der Waals surface area (Å²) in [4.78, 5) is 30.4. The molecule has 168 valence electrons. The van der Waals surface area contributed by atoms with Gasteiger partial charge in [0.15, 0.2) is 5.69 Å². The van der Waals surface area contributed by atoms with Gasteiger partial charge in [0.25, 0.3) is 5.91 Å². The van der Waals surface area contributed by atoms with Gasteiger partial charge in [-0.15, -0.1) is 0 Å². The summed E-state index contributed by atoms with van der Waals surface area (Å²) < 4.78 is 19.1. The molecule has 0 spiro atoms. The minimum Gasteiger partial charge on any atom is -0.444 e. The van der Waals surface area contributed by atoms with Crippen molar-refractivity contribution in [3.05, 3.63) is 64.2 Å². The van der Waals surface area contributed by atoms with Crippen LogP contribution in [0.2, 0.25) is 0 Å². The predicted octanol–water partition coefficient (Wildman–Crippen LogP) is 3.20. The summed E-state index contributed by atoms with van der Waals surface area (Å²) in [5.74, 6) is -0.140. The highest BCUT2D eigenvalue weighted by Crippen LogP contribution is 2.22. The van der Waals surface area contributed by atoms with Crippen LogP contribution in [-0.2, 0) is 17.8 Å². The number of β-amino-alcohol motifs (C(OH)–C–C–N with tert-alkyl or cyclic N) is 1. The van der Waals surface area contributed by atoms with Gasteiger partial charge in [-0.25, -0.2) is 9.37 Å². The number of oxazole rings is 1. The largest absolute Gasteiger partial charge is 0.444 e. The number of thiophene rings is 1. The van der Waals surface area contributed by atoms with Gasteiger partial charge in [-0.3, -0.25) is 9.59 Å². The summed E-state index contributed by atoms with van der Waals surface area (Å²) in [5.41, 5.74) is 2.73. The van der Waals surface area contributed by atoms with Crippen LogP contribution in [-0.4, -0.2) is 52.2 Å². The molecule has 1 aliphatic rings. The zero-order valence-electron chi connectivity index (χ0n) is 17.4. The molecule has 1 aromatic carbocycles. The van der Waals surface area contributed by atoms with Crippen molar-refractivity contribution in [1.82, 2.24) is 15.2 Å². The Morgan fingerprint density at radius 1 is 1.25 bits per heavy atom. The Morgan fingerprint density at radius 2 is 2.06 bits per heavy atom. The van der Waals surface area contributed by atoms with Gasteiger partial charge < -0.3 is 19.7 Å². The van der Waals surface area contributed by atoms with Crippen molar-refractivity contribution in [2.75, 3.05) is 13.1 Å². The molecule has 2 N–H and O–H groups in total. The minimum atomic E-state index is -1.32. The zero-order chi connectivity index (χ0) is 22.5. The van der Waals surface area contributed by atoms with Crippen LogP contribution in [0.25, 0.3) is 11.5 Å². The number of aliphatic hydroxyl groups is 1. The Balaban J connectivity index is 1.34. The number of alkyl halides is 1. The van der Waals surface area contributed by atoms with Gasteiger partial charge in [0.05, 0.1) is 6.42 Å². The van der Waals surface area contributed by atoms with Crippen molar-refractivity contribution in [2.24, 2.45) is 0 Å². The van der Waals surface area contributed by atoms with Gasteiger partial charge in [-0.2, -0.15) is 11.3 Å². The molecule has 2 aromatic heterocycles. The lowest BCUT2D eigenvalue weighted by atomic mass is 10.1. The maximum Gasteiger partial charge on any atom is 0.275 e. The van der Waals surface area contributed by atoms with Crippen LogP contribution in [0.15, 0.2) is 51.8 Å². The van der Waals surface area contributed by atoms with Crippen LogP contribution < -0.4 is 5.32 Å². The van der Waals surface area contributed by atoms with Crippen LogP contribution in [0.3, 0.4) is 0 Å². The summed E-state index contributed by atoms with van der Waals surface area (Å²) in [6.45, 7) is 0.714. The molecule has 1 fully saturated rings. The first kappa shape index (κ1) is 22.2. The molecule has 0 unspecified atom stereocenters. The van der Waals surface area contributed by atoms with Crippen molar-refractivity contribution in [3.8, 4) is 11.5 Å². The quantitative estimate of drug-likeness (QED) is 0.593. The average molecular weight is 458 g/mol. The number of nitrogens with one attached hydrogen (secondary N) is 1. The number of likely N-dealkylation sites (tertiary alicyclic amines) is 1. The number of benzene rings is 1. The Labute approximate surface area is 188 Å². The summed E-state index contributed by atoms with van der Waals surface area (Å²) >= 11 is 1.56. The molecular formula is C23H24FN3O4S. The fraction of sp³-hybridized carbons (Fsp3) is 0.348. The zero-order valence-corrected chi connectivity index (χ0v) is 18.2. The second-order valence-corrected chi connectivity index (χ2v) is 8.58. The molecule has 3 aromatic rings. The Hall–Kier alpha value is -3.04. The molecule has 32 heavy (non-hydrogen) atoms. The van der Waals surface area contributed by atoms with E-state index in [0.29, 0.717) is 37.4 Å². The van der Waals surface area contributed by atoms with Crippen molar-refractivity contribution in [2.45, 2.75) is 38.1 Å². The monoisotopic (exact) mass is 457 g/mol. The van der Waals surface area contributed by atoms with E-state index in [9.17, 15) is 19.1 Å². The van der Waals surface area contributed by atoms with Gasteiger partial charge in [0.1, 0.15) is 18.5 Å². The number of aromatic nitrogens is 1. The maximum atomic E-state index is 13.7. The van der Waals surface area contributed by atoms with Gasteiger partial charge in [0.2, 0.25) is 11.8 Å². The minimum absolute atomic E-state index is 0.0407. The molecule has 0 bridgehead atoms. The predicted molar refractivity (Wildman–Crippen MR) is 118 cm³/mol. The molecule has 9 heteroatoms. The number of carbonyl (C=O) groups is 2. The number of hydrogen-bond donors (Lipinski definition) is 2. The van der Waals surface area contributed by atoms with Crippen molar-refractivity contribution >= 4 is 23.2 Å². The molecule has 4 rings (SSSR count). The number of amides is 2. The second-order valence-electron chi connectivity index (χ2n) is 7.80. The fourth-order valence-electron chi connectivity index (χ4n) is 3.56. The molecule has 0 saturated carbocycles. The molecule has 1 saturated heterocycles. The molecule has 2 atom stereocenters. The van der Waals surface area contributed by atoms with Crippen molar-refractivity contribution in [3.63, 3.8) is 0 Å². The van der Waals surface area contributed by atoms with E-state index in [-0.39, 0.29) is 24.6 Å². The average Bonchev–Trinajstić information content (AvgIpc) is 3.46. The second kappa shape index (κ2) is 10.1. The van der Waals surface area contributed by atoms with Crippen LogP contribution in [0.5, 0.6) is 0 Å². The van der Waals surface area contributed by atoms with E-state index in [2.05, 4.69) is 10.3 Å². The Bertz CT molecular complexity index is 1050. The highest BCUT2D eigenvalue weighted by molar-refractivity contribution is 7.08. The van der Waals surface area contributed by atoms with Gasteiger partial charge in [0, 0.05) is 25.2 Å². The molecule has 2 amide bonds. The normalized spacial score (nSPS) is 18.9. The van der Waals surface area contributed by atoms with Crippen LogP contribution >= 0.6 is 11.3 Å². The lowest BCUT2D eigenvalue weighted by Gasteiger charge is -2.21. The maximum absolute atomic E-state index is 13.7. The molecule has 7 nitrogen and oxygen atoms in total. The van der Waals surface area contributed by atoms with Gasteiger partial charge in [-0.05, 0) is 52.9 Å². The lowest BCUT2D eigenvalue weighted by Crippen LogP contribution is -2.38. The first-order chi connectivity index (χ1) is 15.5. The van der Waals surface area contributed by atoms with Crippen LogP contribution in [0, 0.1) is 0 Å². The third-order valence-corrected chi connectivity index (χ3v) is 6.11. The first-order valence-corrected chi connectivity index (χ1v) is 11.4. The molecule has 1 aliphatic heterocycles. The number of rotatable bonds is 6. The topological polar surface area (TPSA) is 95.7 Å². The third kappa shape index (κ3) is 5.41. The third-order valence-electron chi connectivity index (χ3n) is 5.38. The van der Waals surface area contributed by atoms with Crippen molar-refractivity contribution in [1.29, 1.82) is 0 Å². The SMILES string of the molecule is O=C(Cc1ccsc1)NCc1ccc(-c2nc(C(=O)N3CCC[C@H](F)[C@@H](O)C3)co2)cc1. The molecule has 3 heterocycles. The van der Waals surface area contributed by atoms with E-state index < -0.39 is 18.2 Å². The Kier molecular flexibility index (Phi) is 6.96. The standard InChI is InChI=1S/C23H24FN3O4S/c24-18-2-1-8-27(12-20(18)28)23(30)19-13-31-22(26-19)17-5-3-15(4-6-17)11-25-21(29)10-16-7-9-32-14-16/h3-7,9,13-14,18,20,28H,1-2,8,10-12H2,(H,25,29)/t18-,20-/m0/s1. The molecular weight excluding hydrogens is 433 g/mol. The van der Waals surface area contributed by atoms with Crippen molar-refractivity contribution < 1.29 is 23.5 Å². The summed E-state index contributed by atoms with van der Waals surface area (Å²) in [5, 5.41) is 16.6. The van der Waals surface area contributed by atoms with E-state index in [4.69, 9.17) is 4.42 Å². The highest BCUT2D eigenvalue weighted by Gasteiger charge is 2.29. The lowest BCUT2D eigenvalue weighted by molar-refractivity contribution is -0.120. The van der Waals surface area contributed by atoms with Crippen LogP contribution in [0.4, 0.5) is 4.39 Å². The summed E-state index contributed by atoms with van der Waals surface area (Å²) in [7, 11) is 0. The van der Waals surface area contributed by atoms with Gasteiger partial charge in [-0.1, -0.05) is 12.1 Å². The number of aliphatic hydroxyl groups excluding tert-OH is 1. The van der Waals surface area contributed by atoms with E-state index in [1.807, 2.05) is 41.1 Å². The van der Waals surface area contributed by atoms with E-state index >= 15 is 0 Å². The molecule has 0 aliphatic carbocycles. The summed E-state index contributed by atoms with van der Waals surface area (Å²) in [6.07, 6.45) is -0.157. The van der Waals surface area contributed by atoms with Gasteiger partial charge >= 0.3 is 0 Å². The van der Waals surface area contributed by atoms with E-state index in [0.717, 1.165) is 11.1 Å². The number of carbonyl (C=O) groups excluding carboxylic acids is 2. The highest BCUT2D eigenvalue weighted by atomic mass is 32.1. The fourth-order valence-corrected chi connectivity index (χ4v) is 4.23. The number of halogens is 1. The number of hydrogen-bond acceptors (Lipinski definition) is 6. The Morgan fingerprint density at radius 3 is 2.81 bits per heavy atom. The smallest absolute Gasteiger partial charge is 0.275 e. The van der Waals surface area contributed by atoms with E-state index in [1.165, 1.54) is 11.2 Å². The first-order valence-electron chi connectivity index (χ1n) is 10.4. The number of nitrogens with zero attached hydrogens (tertiary/aromatic N) is 2.